The van der Waals surface area contributed by atoms with Crippen LogP contribution in [0.4, 0.5) is 4.79 Å². The molecule has 1 aromatic heterocycles. The van der Waals surface area contributed by atoms with Gasteiger partial charge in [-0.05, 0) is 41.9 Å². The summed E-state index contributed by atoms with van der Waals surface area (Å²) < 4.78 is 5.56. The molecule has 3 atom stereocenters. The molecule has 1 saturated heterocycles. The number of rotatable bonds is 4. The first-order chi connectivity index (χ1) is 12.3. The van der Waals surface area contributed by atoms with Gasteiger partial charge in [0.25, 0.3) is 0 Å². The van der Waals surface area contributed by atoms with E-state index >= 15 is 0 Å². The molecule has 2 aromatic rings. The van der Waals surface area contributed by atoms with Gasteiger partial charge in [-0.25, -0.2) is 4.79 Å². The molecular formula is C21H22N2O2. The molecule has 128 valence electrons. The first-order valence-corrected chi connectivity index (χ1v) is 8.84. The standard InChI is InChI=1S/C21H22N2O2/c24-21(25-15-16-5-2-1-3-6-16)23-14-18-8-9-20(23)19(12-18)11-17-7-4-10-22-13-17/h1-10,13,18-20H,11-12,14-15H2. The topological polar surface area (TPSA) is 42.4 Å². The van der Waals surface area contributed by atoms with E-state index in [1.165, 1.54) is 5.56 Å². The van der Waals surface area contributed by atoms with Gasteiger partial charge in [-0.2, -0.15) is 0 Å². The molecule has 0 radical (unpaired) electrons. The van der Waals surface area contributed by atoms with Crippen molar-refractivity contribution in [1.82, 2.24) is 9.88 Å². The average Bonchev–Trinajstić information content (AvgIpc) is 2.68. The Balaban J connectivity index is 1.41. The third-order valence-corrected chi connectivity index (χ3v) is 5.12. The molecular weight excluding hydrogens is 312 g/mol. The molecule has 0 N–H and O–H groups in total. The van der Waals surface area contributed by atoms with Crippen LogP contribution in [0.25, 0.3) is 0 Å². The summed E-state index contributed by atoms with van der Waals surface area (Å²) in [6, 6.07) is 14.0. The Morgan fingerprint density at radius 1 is 1.12 bits per heavy atom. The van der Waals surface area contributed by atoms with Crippen molar-refractivity contribution < 1.29 is 9.53 Å². The number of fused-ring (bicyclic) bond motifs is 2. The summed E-state index contributed by atoms with van der Waals surface area (Å²) in [7, 11) is 0. The molecule has 3 aliphatic rings. The molecule has 3 heterocycles. The van der Waals surface area contributed by atoms with Crippen molar-refractivity contribution in [2.24, 2.45) is 11.8 Å². The van der Waals surface area contributed by atoms with Gasteiger partial charge in [0.1, 0.15) is 6.61 Å². The van der Waals surface area contributed by atoms with Gasteiger partial charge >= 0.3 is 6.09 Å². The Morgan fingerprint density at radius 2 is 1.96 bits per heavy atom. The number of ether oxygens (including phenoxy) is 1. The van der Waals surface area contributed by atoms with E-state index in [1.807, 2.05) is 47.5 Å². The molecule has 5 rings (SSSR count). The predicted octanol–water partition coefficient (Wildman–Crippen LogP) is 3.84. The molecule has 1 aliphatic carbocycles. The molecule has 25 heavy (non-hydrogen) atoms. The smallest absolute Gasteiger partial charge is 0.410 e. The zero-order valence-electron chi connectivity index (χ0n) is 14.1. The summed E-state index contributed by atoms with van der Waals surface area (Å²) in [6.07, 6.45) is 10.0. The van der Waals surface area contributed by atoms with Crippen molar-refractivity contribution in [2.45, 2.75) is 25.5 Å². The molecule has 0 saturated carbocycles. The Bertz CT molecular complexity index is 745. The number of hydrogen-bond acceptors (Lipinski definition) is 3. The zero-order chi connectivity index (χ0) is 17.1. The number of carbonyl (C=O) groups is 1. The lowest BCUT2D eigenvalue weighted by atomic mass is 9.75. The molecule has 1 amide bonds. The van der Waals surface area contributed by atoms with Gasteiger partial charge in [-0.3, -0.25) is 4.98 Å². The monoisotopic (exact) mass is 334 g/mol. The highest BCUT2D eigenvalue weighted by Crippen LogP contribution is 2.36. The number of nitrogens with zero attached hydrogens (tertiary/aromatic N) is 2. The third kappa shape index (κ3) is 3.58. The molecule has 3 unspecified atom stereocenters. The fourth-order valence-corrected chi connectivity index (χ4v) is 3.93. The van der Waals surface area contributed by atoms with Crippen LogP contribution in [0.3, 0.4) is 0 Å². The zero-order valence-corrected chi connectivity index (χ0v) is 14.1. The number of amides is 1. The maximum Gasteiger partial charge on any atom is 0.410 e. The fraction of sp³-hybridized carbons (Fsp3) is 0.333. The van der Waals surface area contributed by atoms with Gasteiger partial charge in [-0.15, -0.1) is 0 Å². The minimum atomic E-state index is -0.209. The summed E-state index contributed by atoms with van der Waals surface area (Å²) in [6.45, 7) is 1.09. The lowest BCUT2D eigenvalue weighted by Crippen LogP contribution is -2.53. The van der Waals surface area contributed by atoms with E-state index in [1.54, 1.807) is 6.20 Å². The molecule has 4 heteroatoms. The van der Waals surface area contributed by atoms with Crippen molar-refractivity contribution in [2.75, 3.05) is 6.54 Å². The average molecular weight is 334 g/mol. The van der Waals surface area contributed by atoms with Crippen molar-refractivity contribution in [3.05, 3.63) is 78.1 Å². The molecule has 2 bridgehead atoms. The summed E-state index contributed by atoms with van der Waals surface area (Å²) >= 11 is 0. The normalized spacial score (nSPS) is 24.3. The maximum atomic E-state index is 12.6. The summed E-state index contributed by atoms with van der Waals surface area (Å²) in [4.78, 5) is 18.7. The largest absolute Gasteiger partial charge is 0.445 e. The van der Waals surface area contributed by atoms with Crippen molar-refractivity contribution in [3.63, 3.8) is 0 Å². The van der Waals surface area contributed by atoms with Crippen molar-refractivity contribution >= 4 is 6.09 Å². The lowest BCUT2D eigenvalue weighted by molar-refractivity contribution is 0.0450. The van der Waals surface area contributed by atoms with Crippen LogP contribution in [0.15, 0.2) is 67.0 Å². The van der Waals surface area contributed by atoms with E-state index in [0.717, 1.165) is 24.9 Å². The second-order valence-corrected chi connectivity index (χ2v) is 6.89. The van der Waals surface area contributed by atoms with E-state index in [-0.39, 0.29) is 12.1 Å². The third-order valence-electron chi connectivity index (χ3n) is 5.12. The second kappa shape index (κ2) is 7.09. The molecule has 1 aromatic carbocycles. The maximum absolute atomic E-state index is 12.6. The van der Waals surface area contributed by atoms with Gasteiger partial charge in [0.15, 0.2) is 0 Å². The highest BCUT2D eigenvalue weighted by molar-refractivity contribution is 5.69. The van der Waals surface area contributed by atoms with Crippen LogP contribution >= 0.6 is 0 Å². The summed E-state index contributed by atoms with van der Waals surface area (Å²) in [5.41, 5.74) is 2.24. The highest BCUT2D eigenvalue weighted by atomic mass is 16.6. The van der Waals surface area contributed by atoms with E-state index in [2.05, 4.69) is 23.2 Å². The highest BCUT2D eigenvalue weighted by Gasteiger charge is 2.40. The quantitative estimate of drug-likeness (QED) is 0.798. The van der Waals surface area contributed by atoms with Crippen LogP contribution in [-0.2, 0) is 17.8 Å². The Morgan fingerprint density at radius 3 is 2.72 bits per heavy atom. The molecule has 0 spiro atoms. The van der Waals surface area contributed by atoms with Gasteiger partial charge in [0.2, 0.25) is 0 Å². The summed E-state index contributed by atoms with van der Waals surface area (Å²) in [5.74, 6) is 0.855. The van der Waals surface area contributed by atoms with Crippen LogP contribution in [0.1, 0.15) is 17.5 Å². The van der Waals surface area contributed by atoms with Gasteiger partial charge in [0, 0.05) is 18.9 Å². The molecule has 4 nitrogen and oxygen atoms in total. The molecule has 2 aliphatic heterocycles. The van der Waals surface area contributed by atoms with Gasteiger partial charge in [0.05, 0.1) is 6.04 Å². The van der Waals surface area contributed by atoms with Crippen molar-refractivity contribution in [3.8, 4) is 0 Å². The number of hydrogen-bond donors (Lipinski definition) is 0. The Labute approximate surface area is 148 Å². The van der Waals surface area contributed by atoms with Crippen LogP contribution in [0.5, 0.6) is 0 Å². The van der Waals surface area contributed by atoms with Crippen LogP contribution in [0.2, 0.25) is 0 Å². The van der Waals surface area contributed by atoms with E-state index in [0.29, 0.717) is 18.4 Å². The first kappa shape index (κ1) is 15.9. The Kier molecular flexibility index (Phi) is 4.51. The van der Waals surface area contributed by atoms with Gasteiger partial charge in [-0.1, -0.05) is 48.6 Å². The number of aromatic nitrogens is 1. The minimum absolute atomic E-state index is 0.119. The number of piperidine rings is 1. The minimum Gasteiger partial charge on any atom is -0.445 e. The lowest BCUT2D eigenvalue weighted by Gasteiger charge is -2.45. The predicted molar refractivity (Wildman–Crippen MR) is 95.8 cm³/mol. The van der Waals surface area contributed by atoms with Crippen LogP contribution < -0.4 is 0 Å². The van der Waals surface area contributed by atoms with Gasteiger partial charge < -0.3 is 9.64 Å². The van der Waals surface area contributed by atoms with Crippen molar-refractivity contribution in [1.29, 1.82) is 0 Å². The second-order valence-electron chi connectivity index (χ2n) is 6.89. The SMILES string of the molecule is O=C(OCc1ccccc1)N1CC2C=CC1C(Cc1cccnc1)C2. The number of pyridine rings is 1. The van der Waals surface area contributed by atoms with Crippen LogP contribution in [0, 0.1) is 11.8 Å². The summed E-state index contributed by atoms with van der Waals surface area (Å²) in [5, 5.41) is 0. The number of carbonyl (C=O) groups excluding carboxylic acids is 1. The van der Waals surface area contributed by atoms with E-state index in [9.17, 15) is 4.79 Å². The van der Waals surface area contributed by atoms with E-state index < -0.39 is 0 Å². The molecule has 1 fully saturated rings. The first-order valence-electron chi connectivity index (χ1n) is 8.84. The van der Waals surface area contributed by atoms with E-state index in [4.69, 9.17) is 4.74 Å². The number of benzene rings is 1. The Hall–Kier alpha value is -2.62. The van der Waals surface area contributed by atoms with Crippen LogP contribution in [-0.4, -0.2) is 28.6 Å². The fourth-order valence-electron chi connectivity index (χ4n) is 3.93.